The van der Waals surface area contributed by atoms with Crippen molar-refractivity contribution in [2.75, 3.05) is 6.54 Å². The molecule has 0 bridgehead atoms. The average Bonchev–Trinajstić information content (AvgIpc) is 3.03. The number of carbonyl (C=O) groups is 2. The summed E-state index contributed by atoms with van der Waals surface area (Å²) in [5.41, 5.74) is 1.99. The minimum Gasteiger partial charge on any atom is -0.352 e. The maximum Gasteiger partial charge on any atom is 0.319 e. The van der Waals surface area contributed by atoms with E-state index in [2.05, 4.69) is 30.9 Å². The van der Waals surface area contributed by atoms with Crippen LogP contribution < -0.4 is 16.0 Å². The second-order valence-corrected chi connectivity index (χ2v) is 6.44. The van der Waals surface area contributed by atoms with E-state index in [4.69, 9.17) is 0 Å². The maximum absolute atomic E-state index is 12.3. The van der Waals surface area contributed by atoms with E-state index >= 15 is 0 Å². The van der Waals surface area contributed by atoms with Crippen LogP contribution in [0.15, 0.2) is 35.1 Å². The van der Waals surface area contributed by atoms with Crippen LogP contribution in [-0.4, -0.2) is 39.5 Å². The highest BCUT2D eigenvalue weighted by Crippen LogP contribution is 2.19. The minimum absolute atomic E-state index is 0.195. The lowest BCUT2D eigenvalue weighted by molar-refractivity contribution is -0.117. The van der Waals surface area contributed by atoms with Crippen LogP contribution in [0.25, 0.3) is 10.8 Å². The van der Waals surface area contributed by atoms with Crippen LogP contribution in [0.1, 0.15) is 19.5 Å². The topological polar surface area (TPSA) is 109 Å². The first-order valence-electron chi connectivity index (χ1n) is 7.83. The third kappa shape index (κ3) is 4.00. The molecule has 2 aromatic rings. The van der Waals surface area contributed by atoms with Crippen molar-refractivity contribution in [2.45, 2.75) is 26.3 Å². The van der Waals surface area contributed by atoms with Crippen LogP contribution in [0.2, 0.25) is 0 Å². The number of hydrogen-bond acceptors (Lipinski definition) is 6. The lowest BCUT2D eigenvalue weighted by Crippen LogP contribution is -2.50. The Morgan fingerprint density at radius 3 is 2.84 bits per heavy atom. The summed E-state index contributed by atoms with van der Waals surface area (Å²) < 4.78 is 0. The summed E-state index contributed by atoms with van der Waals surface area (Å²) in [6, 6.07) is 1.14. The van der Waals surface area contributed by atoms with E-state index in [-0.39, 0.29) is 18.0 Å². The van der Waals surface area contributed by atoms with Gasteiger partial charge in [0.05, 0.1) is 17.3 Å². The molecule has 1 aliphatic rings. The number of nitrogens with one attached hydrogen (secondary N) is 3. The summed E-state index contributed by atoms with van der Waals surface area (Å²) in [5.74, 6) is 0.403. The lowest BCUT2D eigenvalue weighted by atomic mass is 10.0. The van der Waals surface area contributed by atoms with Crippen LogP contribution in [-0.2, 0) is 11.2 Å². The van der Waals surface area contributed by atoms with E-state index in [0.717, 1.165) is 10.7 Å². The van der Waals surface area contributed by atoms with E-state index in [1.165, 1.54) is 11.3 Å². The van der Waals surface area contributed by atoms with E-state index in [9.17, 15) is 9.59 Å². The Balaban J connectivity index is 1.57. The highest BCUT2D eigenvalue weighted by atomic mass is 32.1. The van der Waals surface area contributed by atoms with Gasteiger partial charge < -0.3 is 16.0 Å². The molecule has 3 amide bonds. The molecule has 0 saturated heterocycles. The van der Waals surface area contributed by atoms with Crippen LogP contribution in [0.3, 0.4) is 0 Å². The molecule has 3 N–H and O–H groups in total. The van der Waals surface area contributed by atoms with Gasteiger partial charge >= 0.3 is 6.03 Å². The van der Waals surface area contributed by atoms with Crippen molar-refractivity contribution in [2.24, 2.45) is 0 Å². The molecule has 1 aliphatic heterocycles. The molecule has 0 saturated carbocycles. The Bertz CT molecular complexity index is 817. The van der Waals surface area contributed by atoms with E-state index < -0.39 is 0 Å². The first kappa shape index (κ1) is 17.0. The highest BCUT2D eigenvalue weighted by Gasteiger charge is 2.26. The lowest BCUT2D eigenvalue weighted by Gasteiger charge is -2.25. The predicted molar refractivity (Wildman–Crippen MR) is 93.7 cm³/mol. The summed E-state index contributed by atoms with van der Waals surface area (Å²) in [4.78, 5) is 36.5. The second-order valence-electron chi connectivity index (χ2n) is 5.58. The standard InChI is InChI=1S/C16H18N6O2S/c1-9-12(10(2)21-16(24)20-9)14(23)19-7-4-11-8-25-15(22-11)13-17-5-3-6-18-13/h3,5-6,8-9H,4,7H2,1-2H3,(H,19,23)(H2,20,21,24)/t9-/m1/s1. The highest BCUT2D eigenvalue weighted by molar-refractivity contribution is 7.13. The van der Waals surface area contributed by atoms with E-state index in [1.807, 2.05) is 5.38 Å². The maximum atomic E-state index is 12.3. The molecule has 0 aromatic carbocycles. The number of allylic oxidation sites excluding steroid dienone is 1. The second kappa shape index (κ2) is 7.39. The Morgan fingerprint density at radius 1 is 1.36 bits per heavy atom. The van der Waals surface area contributed by atoms with Crippen LogP contribution in [0.4, 0.5) is 4.79 Å². The molecule has 9 heteroatoms. The van der Waals surface area contributed by atoms with Crippen LogP contribution >= 0.6 is 11.3 Å². The zero-order valence-electron chi connectivity index (χ0n) is 13.9. The van der Waals surface area contributed by atoms with Gasteiger partial charge in [-0.2, -0.15) is 0 Å². The Labute approximate surface area is 148 Å². The van der Waals surface area contributed by atoms with Crippen molar-refractivity contribution in [3.05, 3.63) is 40.8 Å². The van der Waals surface area contributed by atoms with Crippen molar-refractivity contribution in [3.63, 3.8) is 0 Å². The molecule has 8 nitrogen and oxygen atoms in total. The van der Waals surface area contributed by atoms with Gasteiger partial charge in [0.1, 0.15) is 0 Å². The number of amides is 3. The summed E-state index contributed by atoms with van der Waals surface area (Å²) in [6.07, 6.45) is 3.96. The number of nitrogens with zero attached hydrogens (tertiary/aromatic N) is 3. The number of carbonyl (C=O) groups excluding carboxylic acids is 2. The number of hydrogen-bond donors (Lipinski definition) is 3. The normalized spacial score (nSPS) is 17.0. The summed E-state index contributed by atoms with van der Waals surface area (Å²) in [7, 11) is 0. The third-order valence-corrected chi connectivity index (χ3v) is 4.59. The fraction of sp³-hybridized carbons (Fsp3) is 0.312. The smallest absolute Gasteiger partial charge is 0.319 e. The molecule has 0 spiro atoms. The molecule has 0 radical (unpaired) electrons. The van der Waals surface area contributed by atoms with Crippen molar-refractivity contribution >= 4 is 23.3 Å². The largest absolute Gasteiger partial charge is 0.352 e. The Kier molecular flexibility index (Phi) is 5.03. The van der Waals surface area contributed by atoms with Crippen molar-refractivity contribution in [1.82, 2.24) is 30.9 Å². The molecule has 0 aliphatic carbocycles. The Morgan fingerprint density at radius 2 is 2.12 bits per heavy atom. The van der Waals surface area contributed by atoms with Gasteiger partial charge in [0, 0.05) is 36.4 Å². The predicted octanol–water partition coefficient (Wildman–Crippen LogP) is 1.23. The monoisotopic (exact) mass is 358 g/mol. The quantitative estimate of drug-likeness (QED) is 0.745. The molecular weight excluding hydrogens is 340 g/mol. The number of rotatable bonds is 5. The molecule has 2 aromatic heterocycles. The van der Waals surface area contributed by atoms with Crippen molar-refractivity contribution in [3.8, 4) is 10.8 Å². The summed E-state index contributed by atoms with van der Waals surface area (Å²) in [6.45, 7) is 3.95. The third-order valence-electron chi connectivity index (χ3n) is 3.71. The zero-order chi connectivity index (χ0) is 17.8. The fourth-order valence-electron chi connectivity index (χ4n) is 2.57. The van der Waals surface area contributed by atoms with Gasteiger partial charge in [0.25, 0.3) is 5.91 Å². The summed E-state index contributed by atoms with van der Waals surface area (Å²) >= 11 is 1.47. The zero-order valence-corrected chi connectivity index (χ0v) is 14.7. The first-order chi connectivity index (χ1) is 12.0. The van der Waals surface area contributed by atoms with Gasteiger partial charge in [-0.05, 0) is 19.9 Å². The van der Waals surface area contributed by atoms with Crippen LogP contribution in [0, 0.1) is 0 Å². The molecule has 0 fully saturated rings. The number of urea groups is 1. The van der Waals surface area contributed by atoms with Crippen molar-refractivity contribution < 1.29 is 9.59 Å². The number of aromatic nitrogens is 3. The SMILES string of the molecule is CC1=C(C(=O)NCCc2csc(-c3ncccn3)n2)[C@@H](C)NC(=O)N1. The molecular formula is C16H18N6O2S. The summed E-state index contributed by atoms with van der Waals surface area (Å²) in [5, 5.41) is 10.9. The molecule has 1 atom stereocenters. The molecule has 25 heavy (non-hydrogen) atoms. The Hall–Kier alpha value is -2.81. The van der Waals surface area contributed by atoms with Gasteiger partial charge in [-0.1, -0.05) is 0 Å². The minimum atomic E-state index is -0.324. The van der Waals surface area contributed by atoms with Gasteiger partial charge in [-0.25, -0.2) is 19.7 Å². The van der Waals surface area contributed by atoms with E-state index in [0.29, 0.717) is 30.1 Å². The van der Waals surface area contributed by atoms with Crippen LogP contribution in [0.5, 0.6) is 0 Å². The van der Waals surface area contributed by atoms with E-state index in [1.54, 1.807) is 32.3 Å². The van der Waals surface area contributed by atoms with Crippen molar-refractivity contribution in [1.29, 1.82) is 0 Å². The molecule has 0 unspecified atom stereocenters. The molecule has 130 valence electrons. The fourth-order valence-corrected chi connectivity index (χ4v) is 3.37. The van der Waals surface area contributed by atoms with Gasteiger partial charge in [-0.15, -0.1) is 11.3 Å². The van der Waals surface area contributed by atoms with Gasteiger partial charge in [0.15, 0.2) is 10.8 Å². The average molecular weight is 358 g/mol. The molecule has 3 heterocycles. The molecule has 3 rings (SSSR count). The number of thiazole rings is 1. The first-order valence-corrected chi connectivity index (χ1v) is 8.71. The van der Waals surface area contributed by atoms with Gasteiger partial charge in [0.2, 0.25) is 0 Å². The van der Waals surface area contributed by atoms with Gasteiger partial charge in [-0.3, -0.25) is 4.79 Å².